The van der Waals surface area contributed by atoms with E-state index in [9.17, 15) is 9.59 Å². The van der Waals surface area contributed by atoms with Crippen molar-refractivity contribution < 1.29 is 9.59 Å². The molecule has 4 nitrogen and oxygen atoms in total. The van der Waals surface area contributed by atoms with Gasteiger partial charge < -0.3 is 10.2 Å². The Morgan fingerprint density at radius 1 is 1.29 bits per heavy atom. The van der Waals surface area contributed by atoms with Crippen LogP contribution in [-0.2, 0) is 10.2 Å². The fraction of sp³-hybridized carbons (Fsp3) is 0.529. The lowest BCUT2D eigenvalue weighted by Crippen LogP contribution is -2.38. The predicted octanol–water partition coefficient (Wildman–Crippen LogP) is 2.79. The molecule has 1 aromatic carbocycles. The van der Waals surface area contributed by atoms with Gasteiger partial charge in [-0.3, -0.25) is 9.59 Å². The highest BCUT2D eigenvalue weighted by Crippen LogP contribution is 2.37. The van der Waals surface area contributed by atoms with Crippen molar-refractivity contribution in [3.05, 3.63) is 29.3 Å². The lowest BCUT2D eigenvalue weighted by atomic mass is 9.85. The molecule has 2 amide bonds. The maximum Gasteiger partial charge on any atom is 0.253 e. The first-order valence-corrected chi connectivity index (χ1v) is 7.65. The molecule has 1 saturated heterocycles. The van der Waals surface area contributed by atoms with Crippen LogP contribution in [0, 0.1) is 5.92 Å². The number of carbonyl (C=O) groups is 2. The zero-order chi connectivity index (χ0) is 15.2. The number of anilines is 1. The summed E-state index contributed by atoms with van der Waals surface area (Å²) in [5, 5.41) is 2.88. The molecule has 0 aromatic heterocycles. The first-order chi connectivity index (χ1) is 9.89. The van der Waals surface area contributed by atoms with Gasteiger partial charge in [0.2, 0.25) is 5.91 Å². The third-order valence-electron chi connectivity index (χ3n) is 4.83. The number of nitrogens with zero attached hydrogens (tertiary/aromatic N) is 1. The first kappa shape index (κ1) is 14.1. The summed E-state index contributed by atoms with van der Waals surface area (Å²) in [5.41, 5.74) is 1.87. The van der Waals surface area contributed by atoms with Gasteiger partial charge in [-0.15, -0.1) is 0 Å². The maximum atomic E-state index is 12.6. The molecule has 21 heavy (non-hydrogen) atoms. The molecule has 4 heteroatoms. The van der Waals surface area contributed by atoms with E-state index in [-0.39, 0.29) is 11.8 Å². The van der Waals surface area contributed by atoms with Crippen molar-refractivity contribution in [2.24, 2.45) is 5.92 Å². The smallest absolute Gasteiger partial charge is 0.253 e. The number of hydrogen-bond donors (Lipinski definition) is 1. The molecule has 0 unspecified atom stereocenters. The molecule has 0 spiro atoms. The molecule has 0 atom stereocenters. The van der Waals surface area contributed by atoms with Crippen molar-refractivity contribution in [1.29, 1.82) is 0 Å². The number of benzene rings is 1. The second-order valence-electron chi connectivity index (χ2n) is 6.81. The molecular weight excluding hydrogens is 264 g/mol. The van der Waals surface area contributed by atoms with Crippen LogP contribution < -0.4 is 5.32 Å². The van der Waals surface area contributed by atoms with Crippen LogP contribution in [0.25, 0.3) is 0 Å². The average Bonchev–Trinajstić information content (AvgIpc) is 2.69. The van der Waals surface area contributed by atoms with E-state index in [1.54, 1.807) is 0 Å². The summed E-state index contributed by atoms with van der Waals surface area (Å²) < 4.78 is 0. The number of amides is 2. The van der Waals surface area contributed by atoms with Gasteiger partial charge in [0.25, 0.3) is 5.91 Å². The fourth-order valence-corrected chi connectivity index (χ4v) is 3.10. The number of hydrogen-bond acceptors (Lipinski definition) is 2. The second kappa shape index (κ2) is 4.86. The molecule has 2 heterocycles. The number of fused-ring (bicyclic) bond motifs is 1. The largest absolute Gasteiger partial charge is 0.339 e. The SMILES string of the molecule is CC1CCN(C(=O)c2ccc3c(c2)C(C)(C)C(=O)N3)CC1. The predicted molar refractivity (Wildman–Crippen MR) is 82.4 cm³/mol. The van der Waals surface area contributed by atoms with Crippen molar-refractivity contribution in [2.75, 3.05) is 18.4 Å². The van der Waals surface area contributed by atoms with E-state index in [0.29, 0.717) is 11.5 Å². The van der Waals surface area contributed by atoms with E-state index < -0.39 is 5.41 Å². The first-order valence-electron chi connectivity index (χ1n) is 7.65. The van der Waals surface area contributed by atoms with E-state index >= 15 is 0 Å². The minimum atomic E-state index is -0.567. The zero-order valence-corrected chi connectivity index (χ0v) is 12.9. The van der Waals surface area contributed by atoms with Gasteiger partial charge in [0.05, 0.1) is 5.41 Å². The number of carbonyl (C=O) groups excluding carboxylic acids is 2. The second-order valence-corrected chi connectivity index (χ2v) is 6.81. The molecule has 2 aliphatic heterocycles. The minimum Gasteiger partial charge on any atom is -0.339 e. The highest BCUT2D eigenvalue weighted by molar-refractivity contribution is 6.07. The molecule has 1 aromatic rings. The quantitative estimate of drug-likeness (QED) is 0.863. The van der Waals surface area contributed by atoms with Crippen LogP contribution in [0.5, 0.6) is 0 Å². The monoisotopic (exact) mass is 286 g/mol. The van der Waals surface area contributed by atoms with Gasteiger partial charge in [-0.2, -0.15) is 0 Å². The summed E-state index contributed by atoms with van der Waals surface area (Å²) in [5.74, 6) is 0.781. The van der Waals surface area contributed by atoms with Crippen LogP contribution in [0.3, 0.4) is 0 Å². The maximum absolute atomic E-state index is 12.6. The summed E-state index contributed by atoms with van der Waals surface area (Å²) >= 11 is 0. The molecule has 0 aliphatic carbocycles. The minimum absolute atomic E-state index is 0.00565. The van der Waals surface area contributed by atoms with Crippen LogP contribution in [0.4, 0.5) is 5.69 Å². The molecule has 1 fully saturated rings. The summed E-state index contributed by atoms with van der Waals surface area (Å²) in [6, 6.07) is 5.55. The lowest BCUT2D eigenvalue weighted by molar-refractivity contribution is -0.119. The summed E-state index contributed by atoms with van der Waals surface area (Å²) in [6.45, 7) is 7.68. The number of rotatable bonds is 1. The Labute approximate surface area is 125 Å². The van der Waals surface area contributed by atoms with Gasteiger partial charge in [0.1, 0.15) is 0 Å². The van der Waals surface area contributed by atoms with Gasteiger partial charge in [0, 0.05) is 24.3 Å². The van der Waals surface area contributed by atoms with E-state index in [1.165, 1.54) is 0 Å². The van der Waals surface area contributed by atoms with Crippen molar-refractivity contribution >= 4 is 17.5 Å². The van der Waals surface area contributed by atoms with E-state index in [2.05, 4.69) is 12.2 Å². The zero-order valence-electron chi connectivity index (χ0n) is 12.9. The molecule has 0 bridgehead atoms. The number of piperidine rings is 1. The lowest BCUT2D eigenvalue weighted by Gasteiger charge is -2.30. The van der Waals surface area contributed by atoms with Crippen LogP contribution in [-0.4, -0.2) is 29.8 Å². The summed E-state index contributed by atoms with van der Waals surface area (Å²) in [7, 11) is 0. The summed E-state index contributed by atoms with van der Waals surface area (Å²) in [4.78, 5) is 26.5. The van der Waals surface area contributed by atoms with Gasteiger partial charge >= 0.3 is 0 Å². The third kappa shape index (κ3) is 2.33. The van der Waals surface area contributed by atoms with Gasteiger partial charge in [-0.1, -0.05) is 6.92 Å². The Morgan fingerprint density at radius 2 is 1.95 bits per heavy atom. The van der Waals surface area contributed by atoms with Crippen LogP contribution >= 0.6 is 0 Å². The Bertz CT molecular complexity index is 599. The van der Waals surface area contributed by atoms with Crippen molar-refractivity contribution in [1.82, 2.24) is 4.90 Å². The molecule has 112 valence electrons. The van der Waals surface area contributed by atoms with Crippen molar-refractivity contribution in [3.8, 4) is 0 Å². The summed E-state index contributed by atoms with van der Waals surface area (Å²) in [6.07, 6.45) is 2.14. The molecule has 2 aliphatic rings. The highest BCUT2D eigenvalue weighted by atomic mass is 16.2. The number of likely N-dealkylation sites (tertiary alicyclic amines) is 1. The Hall–Kier alpha value is -1.84. The third-order valence-corrected chi connectivity index (χ3v) is 4.83. The van der Waals surface area contributed by atoms with E-state index in [4.69, 9.17) is 0 Å². The average molecular weight is 286 g/mol. The van der Waals surface area contributed by atoms with Crippen molar-refractivity contribution in [3.63, 3.8) is 0 Å². The molecule has 1 N–H and O–H groups in total. The van der Waals surface area contributed by atoms with Crippen LogP contribution in [0.15, 0.2) is 18.2 Å². The molecule has 3 rings (SSSR count). The standard InChI is InChI=1S/C17H22N2O2/c1-11-6-8-19(9-7-11)15(20)12-4-5-14-13(10-12)17(2,3)16(21)18-14/h4-5,10-11H,6-9H2,1-3H3,(H,18,21). The topological polar surface area (TPSA) is 49.4 Å². The van der Waals surface area contributed by atoms with E-state index in [0.717, 1.165) is 37.2 Å². The van der Waals surface area contributed by atoms with Gasteiger partial charge in [0.15, 0.2) is 0 Å². The fourth-order valence-electron chi connectivity index (χ4n) is 3.10. The Balaban J connectivity index is 1.86. The van der Waals surface area contributed by atoms with Crippen LogP contribution in [0.2, 0.25) is 0 Å². The molecular formula is C17H22N2O2. The van der Waals surface area contributed by atoms with Gasteiger partial charge in [-0.05, 0) is 56.4 Å². The van der Waals surface area contributed by atoms with Gasteiger partial charge in [-0.25, -0.2) is 0 Å². The van der Waals surface area contributed by atoms with Crippen molar-refractivity contribution in [2.45, 2.75) is 39.0 Å². The normalized spacial score (nSPS) is 21.1. The van der Waals surface area contributed by atoms with Crippen LogP contribution in [0.1, 0.15) is 49.5 Å². The molecule has 0 radical (unpaired) electrons. The Kier molecular flexibility index (Phi) is 3.27. The molecule has 0 saturated carbocycles. The highest BCUT2D eigenvalue weighted by Gasteiger charge is 2.38. The Morgan fingerprint density at radius 3 is 2.62 bits per heavy atom. The van der Waals surface area contributed by atoms with E-state index in [1.807, 2.05) is 36.9 Å². The number of nitrogens with one attached hydrogen (secondary N) is 1.